The molecular formula is C25H19N3O6. The van der Waals surface area contributed by atoms with E-state index in [9.17, 15) is 24.0 Å². The van der Waals surface area contributed by atoms with Gasteiger partial charge in [-0.05, 0) is 48.5 Å². The summed E-state index contributed by atoms with van der Waals surface area (Å²) in [6.45, 7) is 0.826. The molecule has 4 amide bonds. The summed E-state index contributed by atoms with van der Waals surface area (Å²) in [6, 6.07) is 18.9. The molecule has 0 saturated heterocycles. The molecule has 1 heterocycles. The largest absolute Gasteiger partial charge is 0.427 e. The minimum atomic E-state index is -0.563. The van der Waals surface area contributed by atoms with Crippen LogP contribution in [0.1, 0.15) is 38.0 Å². The third-order valence-corrected chi connectivity index (χ3v) is 4.94. The highest BCUT2D eigenvalue weighted by Crippen LogP contribution is 2.23. The predicted octanol–water partition coefficient (Wildman–Crippen LogP) is 3.10. The van der Waals surface area contributed by atoms with Crippen LogP contribution in [0.15, 0.2) is 72.8 Å². The Bertz CT molecular complexity index is 1300. The fraction of sp³-hybridized carbons (Fsp3) is 0.0800. The highest BCUT2D eigenvalue weighted by atomic mass is 16.5. The van der Waals surface area contributed by atoms with Gasteiger partial charge in [0, 0.05) is 23.9 Å². The number of amides is 4. The van der Waals surface area contributed by atoms with Gasteiger partial charge in [0.15, 0.2) is 0 Å². The highest BCUT2D eigenvalue weighted by molar-refractivity contribution is 6.22. The maximum Gasteiger partial charge on any atom is 0.308 e. The van der Waals surface area contributed by atoms with Crippen molar-refractivity contribution in [1.29, 1.82) is 0 Å². The van der Waals surface area contributed by atoms with Crippen LogP contribution in [0.4, 0.5) is 11.4 Å². The first-order valence-electron chi connectivity index (χ1n) is 10.3. The van der Waals surface area contributed by atoms with Crippen LogP contribution >= 0.6 is 0 Å². The van der Waals surface area contributed by atoms with E-state index in [4.69, 9.17) is 4.74 Å². The summed E-state index contributed by atoms with van der Waals surface area (Å²) >= 11 is 0. The number of anilines is 2. The van der Waals surface area contributed by atoms with Crippen LogP contribution in [0.5, 0.6) is 5.75 Å². The molecule has 9 heteroatoms. The fourth-order valence-corrected chi connectivity index (χ4v) is 3.47. The number of carbonyl (C=O) groups is 5. The molecule has 3 aromatic carbocycles. The van der Waals surface area contributed by atoms with Gasteiger partial charge in [-0.15, -0.1) is 0 Å². The second-order valence-corrected chi connectivity index (χ2v) is 7.45. The number of carbonyl (C=O) groups excluding carboxylic acids is 5. The molecule has 0 saturated carbocycles. The van der Waals surface area contributed by atoms with Crippen molar-refractivity contribution in [2.75, 3.05) is 17.2 Å². The Morgan fingerprint density at radius 1 is 0.794 bits per heavy atom. The van der Waals surface area contributed by atoms with E-state index in [2.05, 4.69) is 10.6 Å². The minimum absolute atomic E-state index is 0.245. The number of hydrogen-bond acceptors (Lipinski definition) is 6. The second-order valence-electron chi connectivity index (χ2n) is 7.45. The Labute approximate surface area is 194 Å². The molecule has 0 atom stereocenters. The van der Waals surface area contributed by atoms with Crippen LogP contribution in [0.25, 0.3) is 0 Å². The Morgan fingerprint density at radius 3 is 2.06 bits per heavy atom. The van der Waals surface area contributed by atoms with E-state index in [-0.39, 0.29) is 22.4 Å². The van der Waals surface area contributed by atoms with Gasteiger partial charge in [0.25, 0.3) is 17.7 Å². The molecule has 9 nitrogen and oxygen atoms in total. The zero-order valence-corrected chi connectivity index (χ0v) is 18.0. The first-order chi connectivity index (χ1) is 16.3. The van der Waals surface area contributed by atoms with E-state index in [1.165, 1.54) is 19.1 Å². The molecule has 0 spiro atoms. The van der Waals surface area contributed by atoms with Gasteiger partial charge in [0.05, 0.1) is 11.1 Å². The maximum atomic E-state index is 12.6. The van der Waals surface area contributed by atoms with Gasteiger partial charge in [0.1, 0.15) is 12.3 Å². The molecule has 0 radical (unpaired) electrons. The van der Waals surface area contributed by atoms with Gasteiger partial charge < -0.3 is 15.4 Å². The van der Waals surface area contributed by atoms with Crippen molar-refractivity contribution in [1.82, 2.24) is 4.90 Å². The Kier molecular flexibility index (Phi) is 6.18. The molecule has 3 aromatic rings. The summed E-state index contributed by atoms with van der Waals surface area (Å²) in [7, 11) is 0. The summed E-state index contributed by atoms with van der Waals surface area (Å²) in [4.78, 5) is 62.0. The molecular weight excluding hydrogens is 438 g/mol. The molecule has 0 fully saturated rings. The summed E-state index contributed by atoms with van der Waals surface area (Å²) in [5, 5.41) is 5.33. The van der Waals surface area contributed by atoms with Gasteiger partial charge in [-0.25, -0.2) is 0 Å². The van der Waals surface area contributed by atoms with Crippen LogP contribution in [0, 0.1) is 0 Å². The normalized spacial score (nSPS) is 12.2. The van der Waals surface area contributed by atoms with E-state index in [1.54, 1.807) is 60.7 Å². The van der Waals surface area contributed by atoms with E-state index in [1.807, 2.05) is 0 Å². The smallest absolute Gasteiger partial charge is 0.308 e. The van der Waals surface area contributed by atoms with Crippen LogP contribution < -0.4 is 15.4 Å². The standard InChI is InChI=1S/C25H19N3O6/c1-15(29)34-19-9-4-6-16(12-19)23(31)27-18-8-5-7-17(13-18)26-22(30)14-28-24(32)20-10-2-3-11-21(20)25(28)33/h2-13H,14H2,1H3,(H,26,30)(H,27,31). The maximum absolute atomic E-state index is 12.6. The summed E-state index contributed by atoms with van der Waals surface area (Å²) in [5.41, 5.74) is 1.58. The van der Waals surface area contributed by atoms with Crippen molar-refractivity contribution < 1.29 is 28.7 Å². The van der Waals surface area contributed by atoms with E-state index in [0.717, 1.165) is 4.90 Å². The van der Waals surface area contributed by atoms with E-state index < -0.39 is 36.1 Å². The SMILES string of the molecule is CC(=O)Oc1cccc(C(=O)Nc2cccc(NC(=O)CN3C(=O)c4ccccc4C3=O)c2)c1. The third kappa shape index (κ3) is 4.83. The lowest BCUT2D eigenvalue weighted by Gasteiger charge is -2.14. The Balaban J connectivity index is 1.40. The number of nitrogens with zero attached hydrogens (tertiary/aromatic N) is 1. The molecule has 2 N–H and O–H groups in total. The van der Waals surface area contributed by atoms with Crippen molar-refractivity contribution >= 4 is 41.0 Å². The molecule has 170 valence electrons. The van der Waals surface area contributed by atoms with Crippen molar-refractivity contribution in [3.8, 4) is 5.75 Å². The summed E-state index contributed by atoms with van der Waals surface area (Å²) in [6.07, 6.45) is 0. The average molecular weight is 457 g/mol. The number of hydrogen-bond donors (Lipinski definition) is 2. The number of nitrogens with one attached hydrogen (secondary N) is 2. The van der Waals surface area contributed by atoms with Crippen molar-refractivity contribution in [2.24, 2.45) is 0 Å². The Hall–Kier alpha value is -4.79. The van der Waals surface area contributed by atoms with E-state index >= 15 is 0 Å². The molecule has 0 bridgehead atoms. The molecule has 0 aliphatic carbocycles. The third-order valence-electron chi connectivity index (χ3n) is 4.94. The van der Waals surface area contributed by atoms with Crippen LogP contribution in [-0.4, -0.2) is 41.0 Å². The molecule has 1 aliphatic heterocycles. The number of rotatable bonds is 6. The minimum Gasteiger partial charge on any atom is -0.427 e. The molecule has 0 aromatic heterocycles. The molecule has 34 heavy (non-hydrogen) atoms. The van der Waals surface area contributed by atoms with Gasteiger partial charge >= 0.3 is 5.97 Å². The topological polar surface area (TPSA) is 122 Å². The van der Waals surface area contributed by atoms with Crippen molar-refractivity contribution in [3.63, 3.8) is 0 Å². The van der Waals surface area contributed by atoms with Gasteiger partial charge in [-0.1, -0.05) is 24.3 Å². The number of fused-ring (bicyclic) bond motifs is 1. The predicted molar refractivity (Wildman–Crippen MR) is 123 cm³/mol. The van der Waals surface area contributed by atoms with Crippen LogP contribution in [0.3, 0.4) is 0 Å². The van der Waals surface area contributed by atoms with Gasteiger partial charge in [0.2, 0.25) is 5.91 Å². The first kappa shape index (κ1) is 22.4. The lowest BCUT2D eigenvalue weighted by Crippen LogP contribution is -2.37. The zero-order valence-electron chi connectivity index (χ0n) is 18.0. The number of ether oxygens (including phenoxy) is 1. The second kappa shape index (κ2) is 9.37. The van der Waals surface area contributed by atoms with Crippen LogP contribution in [0.2, 0.25) is 0 Å². The average Bonchev–Trinajstić information content (AvgIpc) is 3.04. The highest BCUT2D eigenvalue weighted by Gasteiger charge is 2.36. The van der Waals surface area contributed by atoms with Crippen molar-refractivity contribution in [3.05, 3.63) is 89.5 Å². The zero-order chi connectivity index (χ0) is 24.2. The number of imide groups is 1. The summed E-state index contributed by atoms with van der Waals surface area (Å²) in [5.74, 6) is -2.30. The van der Waals surface area contributed by atoms with Crippen LogP contribution in [-0.2, 0) is 9.59 Å². The lowest BCUT2D eigenvalue weighted by atomic mass is 10.1. The molecule has 4 rings (SSSR count). The van der Waals surface area contributed by atoms with Crippen molar-refractivity contribution in [2.45, 2.75) is 6.92 Å². The van der Waals surface area contributed by atoms with Gasteiger partial charge in [-0.2, -0.15) is 0 Å². The van der Waals surface area contributed by atoms with E-state index in [0.29, 0.717) is 11.4 Å². The Morgan fingerprint density at radius 2 is 1.41 bits per heavy atom. The van der Waals surface area contributed by atoms with Gasteiger partial charge in [-0.3, -0.25) is 28.9 Å². The fourth-order valence-electron chi connectivity index (χ4n) is 3.47. The molecule has 0 unspecified atom stereocenters. The molecule has 1 aliphatic rings. The monoisotopic (exact) mass is 457 g/mol. The quantitative estimate of drug-likeness (QED) is 0.333. The summed E-state index contributed by atoms with van der Waals surface area (Å²) < 4.78 is 4.99. The number of benzene rings is 3. The number of esters is 1. The first-order valence-corrected chi connectivity index (χ1v) is 10.3. The lowest BCUT2D eigenvalue weighted by molar-refractivity contribution is -0.131.